The summed E-state index contributed by atoms with van der Waals surface area (Å²) >= 11 is 7.59. The second kappa shape index (κ2) is 5.30. The summed E-state index contributed by atoms with van der Waals surface area (Å²) < 4.78 is 0.898. The fourth-order valence-electron chi connectivity index (χ4n) is 1.97. The van der Waals surface area contributed by atoms with Gasteiger partial charge in [-0.3, -0.25) is 0 Å². The van der Waals surface area contributed by atoms with Crippen LogP contribution in [0.3, 0.4) is 0 Å². The van der Waals surface area contributed by atoms with E-state index < -0.39 is 0 Å². The number of halogens is 1. The average Bonchev–Trinajstić information content (AvgIpc) is 2.84. The van der Waals surface area contributed by atoms with Gasteiger partial charge < -0.3 is 10.2 Å². The number of nitrogens with one attached hydrogen (secondary N) is 1. The van der Waals surface area contributed by atoms with Crippen molar-refractivity contribution in [3.8, 4) is 0 Å². The van der Waals surface area contributed by atoms with Gasteiger partial charge in [0.25, 0.3) is 0 Å². The fourth-order valence-corrected chi connectivity index (χ4v) is 3.05. The molecule has 1 fully saturated rings. The maximum Gasteiger partial charge on any atom is 0.0931 e. The van der Waals surface area contributed by atoms with Crippen molar-refractivity contribution >= 4 is 22.9 Å². The molecule has 1 aliphatic heterocycles. The lowest BCUT2D eigenvalue weighted by Crippen LogP contribution is -2.34. The lowest BCUT2D eigenvalue weighted by molar-refractivity contribution is 0.261. The minimum Gasteiger partial charge on any atom is -0.315 e. The molecular weight excluding hydrogens is 228 g/mol. The Morgan fingerprint density at radius 3 is 3.07 bits per heavy atom. The van der Waals surface area contributed by atoms with Crippen molar-refractivity contribution in [1.82, 2.24) is 10.2 Å². The predicted octanol–water partition coefficient (Wildman–Crippen LogP) is 2.24. The summed E-state index contributed by atoms with van der Waals surface area (Å²) in [5, 5.41) is 3.40. The van der Waals surface area contributed by atoms with Gasteiger partial charge in [-0.05, 0) is 38.6 Å². The zero-order valence-corrected chi connectivity index (χ0v) is 10.6. The molecule has 0 amide bonds. The van der Waals surface area contributed by atoms with Crippen molar-refractivity contribution in [2.75, 3.05) is 26.7 Å². The third-order valence-corrected chi connectivity index (χ3v) is 4.29. The van der Waals surface area contributed by atoms with Crippen LogP contribution in [0.1, 0.15) is 11.3 Å². The number of thiophene rings is 1. The molecule has 1 aromatic rings. The number of likely N-dealkylation sites (N-methyl/N-ethyl adjacent to an activating group) is 1. The number of nitrogens with zero attached hydrogens (tertiary/aromatic N) is 1. The van der Waals surface area contributed by atoms with Crippen molar-refractivity contribution in [3.05, 3.63) is 21.3 Å². The van der Waals surface area contributed by atoms with Crippen molar-refractivity contribution in [3.63, 3.8) is 0 Å². The van der Waals surface area contributed by atoms with Crippen LogP contribution in [-0.2, 0) is 6.42 Å². The van der Waals surface area contributed by atoms with Crippen LogP contribution in [0.25, 0.3) is 0 Å². The van der Waals surface area contributed by atoms with Crippen LogP contribution in [0.5, 0.6) is 0 Å². The van der Waals surface area contributed by atoms with Gasteiger partial charge in [0.05, 0.1) is 4.34 Å². The molecule has 1 atom stereocenters. The maximum atomic E-state index is 5.90. The SMILES string of the molecule is CN(CCc1ccc(Cl)s1)C1CCNC1. The normalized spacial score (nSPS) is 21.4. The van der Waals surface area contributed by atoms with E-state index in [1.165, 1.54) is 17.8 Å². The summed E-state index contributed by atoms with van der Waals surface area (Å²) in [6.45, 7) is 3.44. The summed E-state index contributed by atoms with van der Waals surface area (Å²) in [6, 6.07) is 4.84. The zero-order chi connectivity index (χ0) is 10.7. The van der Waals surface area contributed by atoms with Gasteiger partial charge in [0.1, 0.15) is 0 Å². The Morgan fingerprint density at radius 2 is 2.47 bits per heavy atom. The monoisotopic (exact) mass is 244 g/mol. The number of hydrogen-bond acceptors (Lipinski definition) is 3. The van der Waals surface area contributed by atoms with E-state index in [1.54, 1.807) is 11.3 Å². The largest absolute Gasteiger partial charge is 0.315 e. The standard InChI is InChI=1S/C11H17ClN2S/c1-14(9-4-6-13-8-9)7-5-10-2-3-11(12)15-10/h2-3,9,13H,4-8H2,1H3. The van der Waals surface area contributed by atoms with Gasteiger partial charge >= 0.3 is 0 Å². The summed E-state index contributed by atoms with van der Waals surface area (Å²) in [4.78, 5) is 3.84. The molecule has 1 aromatic heterocycles. The quantitative estimate of drug-likeness (QED) is 0.874. The molecular formula is C11H17ClN2S. The van der Waals surface area contributed by atoms with E-state index in [4.69, 9.17) is 11.6 Å². The smallest absolute Gasteiger partial charge is 0.0931 e. The molecule has 1 N–H and O–H groups in total. The third-order valence-electron chi connectivity index (χ3n) is 3.00. The van der Waals surface area contributed by atoms with Crippen LogP contribution < -0.4 is 5.32 Å². The molecule has 1 unspecified atom stereocenters. The van der Waals surface area contributed by atoms with E-state index in [-0.39, 0.29) is 0 Å². The summed E-state index contributed by atoms with van der Waals surface area (Å²) in [7, 11) is 2.22. The summed E-state index contributed by atoms with van der Waals surface area (Å²) in [6.07, 6.45) is 2.39. The van der Waals surface area contributed by atoms with Crippen molar-refractivity contribution in [1.29, 1.82) is 0 Å². The Labute approximate surface area is 100 Å². The highest BCUT2D eigenvalue weighted by Crippen LogP contribution is 2.22. The van der Waals surface area contributed by atoms with Gasteiger partial charge in [-0.1, -0.05) is 11.6 Å². The highest BCUT2D eigenvalue weighted by molar-refractivity contribution is 7.16. The first kappa shape index (κ1) is 11.4. The summed E-state index contributed by atoms with van der Waals surface area (Å²) in [5.74, 6) is 0. The topological polar surface area (TPSA) is 15.3 Å². The minimum atomic E-state index is 0.723. The molecule has 1 saturated heterocycles. The van der Waals surface area contributed by atoms with Crippen molar-refractivity contribution in [2.24, 2.45) is 0 Å². The second-order valence-electron chi connectivity index (χ2n) is 4.08. The lowest BCUT2D eigenvalue weighted by atomic mass is 10.2. The predicted molar refractivity (Wildman–Crippen MR) is 66.9 cm³/mol. The van der Waals surface area contributed by atoms with Gasteiger partial charge in [-0.15, -0.1) is 11.3 Å². The number of rotatable bonds is 4. The average molecular weight is 245 g/mol. The highest BCUT2D eigenvalue weighted by Gasteiger charge is 2.18. The van der Waals surface area contributed by atoms with Gasteiger partial charge in [-0.2, -0.15) is 0 Å². The van der Waals surface area contributed by atoms with Crippen LogP contribution in [-0.4, -0.2) is 37.6 Å². The van der Waals surface area contributed by atoms with E-state index in [0.29, 0.717) is 0 Å². The van der Waals surface area contributed by atoms with Gasteiger partial charge in [0, 0.05) is 24.0 Å². The molecule has 2 nitrogen and oxygen atoms in total. The summed E-state index contributed by atoms with van der Waals surface area (Å²) in [5.41, 5.74) is 0. The molecule has 0 saturated carbocycles. The molecule has 84 valence electrons. The van der Waals surface area contributed by atoms with Crippen molar-refractivity contribution < 1.29 is 0 Å². The Bertz CT molecular complexity index is 307. The molecule has 0 aliphatic carbocycles. The van der Waals surface area contributed by atoms with Crippen LogP contribution in [0.4, 0.5) is 0 Å². The second-order valence-corrected chi connectivity index (χ2v) is 5.88. The Morgan fingerprint density at radius 1 is 1.60 bits per heavy atom. The van der Waals surface area contributed by atoms with Crippen LogP contribution in [0, 0.1) is 0 Å². The first-order valence-corrected chi connectivity index (χ1v) is 6.60. The van der Waals surface area contributed by atoms with E-state index in [1.807, 2.05) is 6.07 Å². The number of hydrogen-bond donors (Lipinski definition) is 1. The van der Waals surface area contributed by atoms with Crippen molar-refractivity contribution in [2.45, 2.75) is 18.9 Å². The zero-order valence-electron chi connectivity index (χ0n) is 9.00. The molecule has 0 radical (unpaired) electrons. The Balaban J connectivity index is 1.77. The third kappa shape index (κ3) is 3.18. The van der Waals surface area contributed by atoms with Gasteiger partial charge in [0.2, 0.25) is 0 Å². The van der Waals surface area contributed by atoms with Crippen LogP contribution in [0.2, 0.25) is 4.34 Å². The molecule has 0 spiro atoms. The van der Waals surface area contributed by atoms with Crippen LogP contribution in [0.15, 0.2) is 12.1 Å². The van der Waals surface area contributed by atoms with Gasteiger partial charge in [-0.25, -0.2) is 0 Å². The molecule has 15 heavy (non-hydrogen) atoms. The molecule has 1 aliphatic rings. The minimum absolute atomic E-state index is 0.723. The first-order valence-electron chi connectivity index (χ1n) is 5.41. The van der Waals surface area contributed by atoms with E-state index in [2.05, 4.69) is 23.3 Å². The van der Waals surface area contributed by atoms with Crippen LogP contribution >= 0.6 is 22.9 Å². The van der Waals surface area contributed by atoms with Gasteiger partial charge in [0.15, 0.2) is 0 Å². The Hall–Kier alpha value is -0.0900. The molecule has 0 bridgehead atoms. The molecule has 2 rings (SSSR count). The Kier molecular flexibility index (Phi) is 4.03. The fraction of sp³-hybridized carbons (Fsp3) is 0.636. The van der Waals surface area contributed by atoms with E-state index in [0.717, 1.165) is 29.9 Å². The van der Waals surface area contributed by atoms with E-state index in [9.17, 15) is 0 Å². The lowest BCUT2D eigenvalue weighted by Gasteiger charge is -2.22. The molecule has 4 heteroatoms. The maximum absolute atomic E-state index is 5.90. The van der Waals surface area contributed by atoms with E-state index >= 15 is 0 Å². The highest BCUT2D eigenvalue weighted by atomic mass is 35.5. The molecule has 2 heterocycles. The first-order chi connectivity index (χ1) is 7.25. The molecule has 0 aromatic carbocycles.